The van der Waals surface area contributed by atoms with Crippen LogP contribution in [0.25, 0.3) is 11.1 Å². The highest BCUT2D eigenvalue weighted by Crippen LogP contribution is 2.19. The molecule has 6 nitrogen and oxygen atoms in total. The lowest BCUT2D eigenvalue weighted by Gasteiger charge is -2.11. The molecule has 3 aromatic rings. The molecule has 6 heteroatoms. The maximum Gasteiger partial charge on any atom is 0.242 e. The first-order valence-corrected chi connectivity index (χ1v) is 9.26. The Morgan fingerprint density at radius 1 is 0.828 bits per heavy atom. The first-order valence-electron chi connectivity index (χ1n) is 9.26. The molecule has 0 saturated heterocycles. The van der Waals surface area contributed by atoms with Crippen molar-refractivity contribution in [2.24, 2.45) is 0 Å². The van der Waals surface area contributed by atoms with Crippen molar-refractivity contribution in [1.29, 1.82) is 0 Å². The van der Waals surface area contributed by atoms with Gasteiger partial charge < -0.3 is 15.2 Å². The molecule has 0 fully saturated rings. The minimum atomic E-state index is -0.218. The molecule has 0 atom stereocenters. The summed E-state index contributed by atoms with van der Waals surface area (Å²) in [6, 6.07) is 21.4. The largest absolute Gasteiger partial charge is 0.467 e. The normalized spacial score (nSPS) is 10.2. The molecule has 1 aromatic heterocycles. The average molecular weight is 389 g/mol. The van der Waals surface area contributed by atoms with E-state index in [9.17, 15) is 9.59 Å². The Hall–Kier alpha value is -3.80. The first-order chi connectivity index (χ1) is 14.1. The number of hydrogen-bond donors (Lipinski definition) is 3. The van der Waals surface area contributed by atoms with Gasteiger partial charge in [0.25, 0.3) is 0 Å². The van der Waals surface area contributed by atoms with Crippen LogP contribution in [0.1, 0.15) is 17.7 Å². The third-order valence-electron chi connectivity index (χ3n) is 4.22. The summed E-state index contributed by atoms with van der Waals surface area (Å²) in [7, 11) is 0. The van der Waals surface area contributed by atoms with E-state index in [1.54, 1.807) is 18.4 Å². The minimum Gasteiger partial charge on any atom is -0.467 e. The molecule has 0 aliphatic rings. The van der Waals surface area contributed by atoms with E-state index in [-0.39, 0.29) is 24.7 Å². The number of benzene rings is 2. The number of rotatable bonds is 9. The van der Waals surface area contributed by atoms with Crippen molar-refractivity contribution in [2.45, 2.75) is 19.4 Å². The van der Waals surface area contributed by atoms with Gasteiger partial charge in [0.05, 0.1) is 25.6 Å². The molecule has 0 bridgehead atoms. The van der Waals surface area contributed by atoms with Gasteiger partial charge in [-0.25, -0.2) is 0 Å². The van der Waals surface area contributed by atoms with Gasteiger partial charge in [-0.05, 0) is 28.8 Å². The van der Waals surface area contributed by atoms with E-state index < -0.39 is 0 Å². The van der Waals surface area contributed by atoms with Crippen molar-refractivity contribution < 1.29 is 14.0 Å². The Balaban J connectivity index is 1.39. The van der Waals surface area contributed by atoms with Gasteiger partial charge in [-0.15, -0.1) is 0 Å². The summed E-state index contributed by atoms with van der Waals surface area (Å²) in [4.78, 5) is 24.0. The van der Waals surface area contributed by atoms with E-state index in [0.717, 1.165) is 16.7 Å². The third-order valence-corrected chi connectivity index (χ3v) is 4.22. The SMILES string of the molecule is C=C(CC(=O)NCc1ccco1)NNC(=O)Cc1ccc(-c2ccccc2)cc1. The Morgan fingerprint density at radius 2 is 1.55 bits per heavy atom. The Morgan fingerprint density at radius 3 is 2.24 bits per heavy atom. The zero-order valence-corrected chi connectivity index (χ0v) is 16.0. The predicted molar refractivity (Wildman–Crippen MR) is 111 cm³/mol. The van der Waals surface area contributed by atoms with Gasteiger partial charge in [-0.1, -0.05) is 61.2 Å². The number of nitrogens with one attached hydrogen (secondary N) is 3. The van der Waals surface area contributed by atoms with Crippen LogP contribution >= 0.6 is 0 Å². The summed E-state index contributed by atoms with van der Waals surface area (Å²) >= 11 is 0. The Kier molecular flexibility index (Phi) is 6.84. The number of carbonyl (C=O) groups is 2. The molecule has 3 N–H and O–H groups in total. The van der Waals surface area contributed by atoms with Crippen LogP contribution in [0.15, 0.2) is 89.7 Å². The van der Waals surface area contributed by atoms with Crippen molar-refractivity contribution >= 4 is 11.8 Å². The molecule has 1 heterocycles. The highest BCUT2D eigenvalue weighted by molar-refractivity contribution is 5.80. The molecule has 3 rings (SSSR count). The maximum absolute atomic E-state index is 12.1. The molecule has 2 aromatic carbocycles. The highest BCUT2D eigenvalue weighted by Gasteiger charge is 2.08. The van der Waals surface area contributed by atoms with Gasteiger partial charge >= 0.3 is 0 Å². The van der Waals surface area contributed by atoms with Crippen molar-refractivity contribution in [3.05, 3.63) is 96.6 Å². The molecular formula is C23H23N3O3. The standard InChI is InChI=1S/C23H23N3O3/c1-17(14-22(27)24-16-21-8-5-13-29-21)25-26-23(28)15-18-9-11-20(12-10-18)19-6-3-2-4-7-19/h2-13,25H,1,14-16H2,(H,24,27)(H,26,28). The zero-order valence-electron chi connectivity index (χ0n) is 16.0. The molecule has 0 spiro atoms. The summed E-state index contributed by atoms with van der Waals surface area (Å²) < 4.78 is 5.15. The quantitative estimate of drug-likeness (QED) is 0.490. The van der Waals surface area contributed by atoms with Crippen LogP contribution in [-0.4, -0.2) is 11.8 Å². The molecule has 0 saturated carbocycles. The fourth-order valence-corrected chi connectivity index (χ4v) is 2.73. The van der Waals surface area contributed by atoms with Crippen molar-refractivity contribution in [2.75, 3.05) is 0 Å². The molecule has 0 unspecified atom stereocenters. The molecule has 148 valence electrons. The lowest BCUT2D eigenvalue weighted by Crippen LogP contribution is -2.38. The number of amides is 2. The second kappa shape index (κ2) is 9.94. The third kappa shape index (κ3) is 6.39. The molecule has 29 heavy (non-hydrogen) atoms. The van der Waals surface area contributed by atoms with Crippen molar-refractivity contribution in [3.8, 4) is 11.1 Å². The summed E-state index contributed by atoms with van der Waals surface area (Å²) in [6.07, 6.45) is 1.82. The van der Waals surface area contributed by atoms with Crippen LogP contribution in [0.2, 0.25) is 0 Å². The van der Waals surface area contributed by atoms with Crippen LogP contribution in [0, 0.1) is 0 Å². The highest BCUT2D eigenvalue weighted by atomic mass is 16.3. The average Bonchev–Trinajstić information content (AvgIpc) is 3.26. The van der Waals surface area contributed by atoms with Crippen LogP contribution in [0.5, 0.6) is 0 Å². The zero-order chi connectivity index (χ0) is 20.5. The second-order valence-corrected chi connectivity index (χ2v) is 6.55. The Bertz CT molecular complexity index is 949. The van der Waals surface area contributed by atoms with E-state index in [1.165, 1.54) is 0 Å². The van der Waals surface area contributed by atoms with Gasteiger partial charge in [-0.2, -0.15) is 0 Å². The summed E-state index contributed by atoms with van der Waals surface area (Å²) in [5.74, 6) is 0.239. The second-order valence-electron chi connectivity index (χ2n) is 6.55. The van der Waals surface area contributed by atoms with Gasteiger partial charge in [0, 0.05) is 5.70 Å². The lowest BCUT2D eigenvalue weighted by atomic mass is 10.0. The Labute approximate surface area is 169 Å². The van der Waals surface area contributed by atoms with Crippen LogP contribution in [0.3, 0.4) is 0 Å². The summed E-state index contributed by atoms with van der Waals surface area (Å²) in [6.45, 7) is 4.06. The smallest absolute Gasteiger partial charge is 0.242 e. The van der Waals surface area contributed by atoms with E-state index in [2.05, 4.69) is 22.7 Å². The van der Waals surface area contributed by atoms with Crippen LogP contribution in [0.4, 0.5) is 0 Å². The monoisotopic (exact) mass is 389 g/mol. The van der Waals surface area contributed by atoms with Gasteiger partial charge in [0.1, 0.15) is 5.76 Å². The summed E-state index contributed by atoms with van der Waals surface area (Å²) in [5, 5.41) is 2.72. The van der Waals surface area contributed by atoms with E-state index in [0.29, 0.717) is 18.0 Å². The minimum absolute atomic E-state index is 0.0484. The van der Waals surface area contributed by atoms with E-state index in [1.807, 2.05) is 54.6 Å². The maximum atomic E-state index is 12.1. The van der Waals surface area contributed by atoms with Gasteiger partial charge in [0.2, 0.25) is 11.8 Å². The summed E-state index contributed by atoms with van der Waals surface area (Å²) in [5.41, 5.74) is 8.77. The molecule has 0 radical (unpaired) electrons. The molecule has 2 amide bonds. The van der Waals surface area contributed by atoms with Gasteiger partial charge in [0.15, 0.2) is 0 Å². The number of furan rings is 1. The van der Waals surface area contributed by atoms with Gasteiger partial charge in [-0.3, -0.25) is 15.0 Å². The van der Waals surface area contributed by atoms with E-state index >= 15 is 0 Å². The number of carbonyl (C=O) groups excluding carboxylic acids is 2. The predicted octanol–water partition coefficient (Wildman–Crippen LogP) is 3.33. The van der Waals surface area contributed by atoms with Crippen molar-refractivity contribution in [3.63, 3.8) is 0 Å². The fourth-order valence-electron chi connectivity index (χ4n) is 2.73. The molecule has 0 aliphatic carbocycles. The van der Waals surface area contributed by atoms with E-state index in [4.69, 9.17) is 4.42 Å². The molecular weight excluding hydrogens is 366 g/mol. The van der Waals surface area contributed by atoms with Crippen LogP contribution in [-0.2, 0) is 22.6 Å². The van der Waals surface area contributed by atoms with Crippen LogP contribution < -0.4 is 16.2 Å². The van der Waals surface area contributed by atoms with Crippen molar-refractivity contribution in [1.82, 2.24) is 16.2 Å². The fraction of sp³-hybridized carbons (Fsp3) is 0.130. The number of hydrogen-bond acceptors (Lipinski definition) is 4. The lowest BCUT2D eigenvalue weighted by molar-refractivity contribution is -0.122. The molecule has 0 aliphatic heterocycles. The first kappa shape index (κ1) is 19.9. The number of hydrazine groups is 1. The topological polar surface area (TPSA) is 83.4 Å².